The van der Waals surface area contributed by atoms with E-state index in [2.05, 4.69) is 46.7 Å². The quantitative estimate of drug-likeness (QED) is 0.805. The molecule has 1 saturated heterocycles. The van der Waals surface area contributed by atoms with Gasteiger partial charge in [-0.15, -0.1) is 0 Å². The zero-order valence-electron chi connectivity index (χ0n) is 16.2. The molecule has 2 N–H and O–H groups in total. The molecule has 2 aromatic rings. The number of likely N-dealkylation sites (tertiary alicyclic amines) is 1. The van der Waals surface area contributed by atoms with Crippen LogP contribution in [-0.2, 0) is 6.54 Å². The third-order valence-electron chi connectivity index (χ3n) is 4.83. The lowest BCUT2D eigenvalue weighted by atomic mass is 10.0. The van der Waals surface area contributed by atoms with E-state index in [-0.39, 0.29) is 12.1 Å². The number of nitrogens with one attached hydrogen (secondary N) is 2. The Kier molecular flexibility index (Phi) is 6.71. The zero-order valence-corrected chi connectivity index (χ0v) is 16.2. The van der Waals surface area contributed by atoms with Crippen LogP contribution in [-0.4, -0.2) is 36.7 Å². The summed E-state index contributed by atoms with van der Waals surface area (Å²) in [6.45, 7) is 7.70. The summed E-state index contributed by atoms with van der Waals surface area (Å²) in [6, 6.07) is 16.2. The van der Waals surface area contributed by atoms with Gasteiger partial charge in [-0.25, -0.2) is 4.79 Å². The predicted octanol–water partition coefficient (Wildman–Crippen LogP) is 4.18. The molecular formula is C22H29N3O2. The average Bonchev–Trinajstić information content (AvgIpc) is 2.65. The number of ether oxygens (including phenoxy) is 1. The first-order valence-electron chi connectivity index (χ1n) is 9.70. The van der Waals surface area contributed by atoms with Crippen LogP contribution in [0.3, 0.4) is 0 Å². The van der Waals surface area contributed by atoms with Crippen LogP contribution in [0.4, 0.5) is 10.5 Å². The van der Waals surface area contributed by atoms with E-state index < -0.39 is 0 Å². The van der Waals surface area contributed by atoms with E-state index in [1.807, 2.05) is 31.2 Å². The maximum atomic E-state index is 12.2. The van der Waals surface area contributed by atoms with Crippen LogP contribution in [0.2, 0.25) is 0 Å². The Hall–Kier alpha value is -2.53. The highest BCUT2D eigenvalue weighted by atomic mass is 16.5. The van der Waals surface area contributed by atoms with Crippen molar-refractivity contribution in [3.63, 3.8) is 0 Å². The van der Waals surface area contributed by atoms with Crippen LogP contribution in [0.15, 0.2) is 48.5 Å². The summed E-state index contributed by atoms with van der Waals surface area (Å²) < 4.78 is 5.41. The Balaban J connectivity index is 1.41. The molecule has 0 aliphatic carbocycles. The van der Waals surface area contributed by atoms with Gasteiger partial charge in [-0.05, 0) is 56.5 Å². The highest BCUT2D eigenvalue weighted by Crippen LogP contribution is 2.17. The van der Waals surface area contributed by atoms with Gasteiger partial charge in [0.15, 0.2) is 0 Å². The van der Waals surface area contributed by atoms with Crippen molar-refractivity contribution in [3.8, 4) is 5.75 Å². The molecule has 0 bridgehead atoms. The Bertz CT molecular complexity index is 737. The van der Waals surface area contributed by atoms with Crippen molar-refractivity contribution in [1.82, 2.24) is 10.2 Å². The van der Waals surface area contributed by atoms with Gasteiger partial charge < -0.3 is 15.4 Å². The first-order chi connectivity index (χ1) is 13.1. The summed E-state index contributed by atoms with van der Waals surface area (Å²) in [5.74, 6) is 0.810. The maximum absolute atomic E-state index is 12.2. The number of piperidine rings is 1. The average molecular weight is 367 g/mol. The van der Waals surface area contributed by atoms with E-state index in [9.17, 15) is 4.79 Å². The van der Waals surface area contributed by atoms with Crippen molar-refractivity contribution < 1.29 is 9.53 Å². The van der Waals surface area contributed by atoms with Crippen molar-refractivity contribution >= 4 is 11.7 Å². The van der Waals surface area contributed by atoms with Gasteiger partial charge >= 0.3 is 6.03 Å². The molecule has 3 rings (SSSR count). The highest BCUT2D eigenvalue weighted by molar-refractivity contribution is 5.89. The molecule has 5 nitrogen and oxygen atoms in total. The molecular weight excluding hydrogens is 338 g/mol. The van der Waals surface area contributed by atoms with Crippen LogP contribution in [0.1, 0.15) is 30.9 Å². The first kappa shape index (κ1) is 19.2. The van der Waals surface area contributed by atoms with Crippen LogP contribution >= 0.6 is 0 Å². The number of benzene rings is 2. The van der Waals surface area contributed by atoms with Crippen LogP contribution < -0.4 is 15.4 Å². The number of amides is 2. The van der Waals surface area contributed by atoms with E-state index in [0.29, 0.717) is 6.61 Å². The second-order valence-electron chi connectivity index (χ2n) is 7.10. The summed E-state index contributed by atoms with van der Waals surface area (Å²) >= 11 is 0. The van der Waals surface area contributed by atoms with Crippen LogP contribution in [0.25, 0.3) is 0 Å². The highest BCUT2D eigenvalue weighted by Gasteiger charge is 2.20. The van der Waals surface area contributed by atoms with Crippen molar-refractivity contribution in [2.75, 3.05) is 25.0 Å². The van der Waals surface area contributed by atoms with Gasteiger partial charge in [-0.1, -0.05) is 29.8 Å². The van der Waals surface area contributed by atoms with E-state index >= 15 is 0 Å². The van der Waals surface area contributed by atoms with E-state index in [1.165, 1.54) is 11.1 Å². The Morgan fingerprint density at radius 1 is 1.15 bits per heavy atom. The van der Waals surface area contributed by atoms with Gasteiger partial charge in [0.05, 0.1) is 6.61 Å². The molecule has 0 spiro atoms. The minimum absolute atomic E-state index is 0.142. The standard InChI is InChI=1S/C22H29N3O2/c1-3-27-21-9-7-19(8-10-21)23-22(26)24-20-11-13-25(14-12-20)16-18-6-4-5-17(2)15-18/h4-10,15,20H,3,11-14,16H2,1-2H3,(H2,23,24,26). The second kappa shape index (κ2) is 9.42. The van der Waals surface area contributed by atoms with Crippen molar-refractivity contribution in [1.29, 1.82) is 0 Å². The number of hydrogen-bond acceptors (Lipinski definition) is 3. The largest absolute Gasteiger partial charge is 0.494 e. The third-order valence-corrected chi connectivity index (χ3v) is 4.83. The molecule has 2 aromatic carbocycles. The van der Waals surface area contributed by atoms with Gasteiger partial charge in [0.2, 0.25) is 0 Å². The normalized spacial score (nSPS) is 15.3. The predicted molar refractivity (Wildman–Crippen MR) is 109 cm³/mol. The monoisotopic (exact) mass is 367 g/mol. The Morgan fingerprint density at radius 2 is 1.89 bits per heavy atom. The number of carbonyl (C=O) groups excluding carboxylic acids is 1. The van der Waals surface area contributed by atoms with Crippen molar-refractivity contribution in [2.45, 2.75) is 39.3 Å². The number of anilines is 1. The second-order valence-corrected chi connectivity index (χ2v) is 7.10. The smallest absolute Gasteiger partial charge is 0.319 e. The number of carbonyl (C=O) groups is 1. The van der Waals surface area contributed by atoms with Gasteiger partial charge in [-0.3, -0.25) is 4.90 Å². The number of hydrogen-bond donors (Lipinski definition) is 2. The fourth-order valence-corrected chi connectivity index (χ4v) is 3.46. The van der Waals surface area contributed by atoms with Crippen LogP contribution in [0, 0.1) is 6.92 Å². The molecule has 0 saturated carbocycles. The SMILES string of the molecule is CCOc1ccc(NC(=O)NC2CCN(Cc3cccc(C)c3)CC2)cc1. The fourth-order valence-electron chi connectivity index (χ4n) is 3.46. The molecule has 0 radical (unpaired) electrons. The molecule has 5 heteroatoms. The van der Waals surface area contributed by atoms with E-state index in [1.54, 1.807) is 0 Å². The molecule has 1 aliphatic rings. The molecule has 0 aromatic heterocycles. The third kappa shape index (κ3) is 6.00. The van der Waals surface area contributed by atoms with Gasteiger partial charge in [-0.2, -0.15) is 0 Å². The molecule has 2 amide bonds. The van der Waals surface area contributed by atoms with Gasteiger partial charge in [0.1, 0.15) is 5.75 Å². The fraction of sp³-hybridized carbons (Fsp3) is 0.409. The van der Waals surface area contributed by atoms with E-state index in [4.69, 9.17) is 4.74 Å². The Morgan fingerprint density at radius 3 is 2.56 bits per heavy atom. The summed E-state index contributed by atoms with van der Waals surface area (Å²) in [6.07, 6.45) is 1.95. The summed E-state index contributed by atoms with van der Waals surface area (Å²) in [7, 11) is 0. The Labute approximate surface area is 161 Å². The topological polar surface area (TPSA) is 53.6 Å². The summed E-state index contributed by atoms with van der Waals surface area (Å²) in [5, 5.41) is 5.99. The summed E-state index contributed by atoms with van der Waals surface area (Å²) in [4.78, 5) is 14.7. The van der Waals surface area contributed by atoms with Gasteiger partial charge in [0, 0.05) is 31.4 Å². The maximum Gasteiger partial charge on any atom is 0.319 e. The molecule has 0 unspecified atom stereocenters. The minimum Gasteiger partial charge on any atom is -0.494 e. The molecule has 144 valence electrons. The number of rotatable bonds is 6. The van der Waals surface area contributed by atoms with Crippen molar-refractivity contribution in [3.05, 3.63) is 59.7 Å². The first-order valence-corrected chi connectivity index (χ1v) is 9.70. The van der Waals surface area contributed by atoms with Crippen molar-refractivity contribution in [2.24, 2.45) is 0 Å². The van der Waals surface area contributed by atoms with E-state index in [0.717, 1.165) is 43.9 Å². The lowest BCUT2D eigenvalue weighted by molar-refractivity contribution is 0.190. The minimum atomic E-state index is -0.142. The molecule has 0 atom stereocenters. The van der Waals surface area contributed by atoms with Gasteiger partial charge in [0.25, 0.3) is 0 Å². The molecule has 1 heterocycles. The number of aryl methyl sites for hydroxylation is 1. The number of urea groups is 1. The molecule has 1 fully saturated rings. The van der Waals surface area contributed by atoms with Crippen LogP contribution in [0.5, 0.6) is 5.75 Å². The lowest BCUT2D eigenvalue weighted by Crippen LogP contribution is -2.45. The lowest BCUT2D eigenvalue weighted by Gasteiger charge is -2.32. The molecule has 27 heavy (non-hydrogen) atoms. The zero-order chi connectivity index (χ0) is 19.1. The molecule has 1 aliphatic heterocycles. The number of nitrogens with zero attached hydrogens (tertiary/aromatic N) is 1. The summed E-state index contributed by atoms with van der Waals surface area (Å²) in [5.41, 5.74) is 3.43.